The number of hydrogen-bond donors (Lipinski definition) is 2. The fourth-order valence-electron chi connectivity index (χ4n) is 1.65. The van der Waals surface area contributed by atoms with Crippen LogP contribution < -0.4 is 15.4 Å². The van der Waals surface area contributed by atoms with Gasteiger partial charge in [0.15, 0.2) is 0 Å². The lowest BCUT2D eigenvalue weighted by Crippen LogP contribution is -2.36. The van der Waals surface area contributed by atoms with E-state index in [1.165, 1.54) is 5.56 Å². The Kier molecular flexibility index (Phi) is 8.42. The van der Waals surface area contributed by atoms with Crippen LogP contribution in [0.2, 0.25) is 0 Å². The van der Waals surface area contributed by atoms with Crippen molar-refractivity contribution < 1.29 is 14.3 Å². The van der Waals surface area contributed by atoms with Crippen LogP contribution in [0.5, 0.6) is 5.75 Å². The van der Waals surface area contributed by atoms with Gasteiger partial charge in [0, 0.05) is 26.8 Å². The average molecular weight is 280 g/mol. The number of aryl methyl sites for hydroxylation is 1. The molecular formula is C15H24N2O3. The van der Waals surface area contributed by atoms with Crippen LogP contribution in [0.4, 0.5) is 0 Å². The minimum absolute atomic E-state index is 0.00309. The number of carbonyl (C=O) groups is 1. The summed E-state index contributed by atoms with van der Waals surface area (Å²) in [6, 6.07) is 7.91. The molecule has 0 heterocycles. The van der Waals surface area contributed by atoms with Crippen molar-refractivity contribution in [2.75, 3.05) is 40.0 Å². The van der Waals surface area contributed by atoms with Crippen LogP contribution in [0.3, 0.4) is 0 Å². The lowest BCUT2D eigenvalue weighted by molar-refractivity contribution is -0.120. The Labute approximate surface area is 120 Å². The summed E-state index contributed by atoms with van der Waals surface area (Å²) in [6.45, 7) is 4.83. The summed E-state index contributed by atoms with van der Waals surface area (Å²) in [5.74, 6) is 0.854. The molecule has 0 bridgehead atoms. The van der Waals surface area contributed by atoms with Crippen LogP contribution in [-0.4, -0.2) is 45.9 Å². The van der Waals surface area contributed by atoms with Crippen LogP contribution in [0.25, 0.3) is 0 Å². The molecule has 0 aliphatic rings. The Morgan fingerprint density at radius 3 is 2.85 bits per heavy atom. The fourth-order valence-corrected chi connectivity index (χ4v) is 1.65. The van der Waals surface area contributed by atoms with Gasteiger partial charge in [-0.05, 0) is 31.0 Å². The first-order valence-electron chi connectivity index (χ1n) is 6.88. The molecule has 0 aliphatic heterocycles. The van der Waals surface area contributed by atoms with Crippen molar-refractivity contribution in [1.82, 2.24) is 10.6 Å². The first-order valence-corrected chi connectivity index (χ1v) is 6.88. The van der Waals surface area contributed by atoms with E-state index in [0.717, 1.165) is 12.2 Å². The van der Waals surface area contributed by atoms with E-state index >= 15 is 0 Å². The van der Waals surface area contributed by atoms with Gasteiger partial charge < -0.3 is 20.1 Å². The molecule has 0 spiro atoms. The second-order valence-corrected chi connectivity index (χ2v) is 4.54. The Balaban J connectivity index is 2.00. The maximum absolute atomic E-state index is 11.4. The maximum Gasteiger partial charge on any atom is 0.233 e. The smallest absolute Gasteiger partial charge is 0.233 e. The SMILES string of the molecule is COCCCNC(=O)CNCCOc1cccc(C)c1. The number of amides is 1. The van der Waals surface area contributed by atoms with Crippen LogP contribution in [0.1, 0.15) is 12.0 Å². The molecular weight excluding hydrogens is 256 g/mol. The molecule has 0 saturated heterocycles. The minimum Gasteiger partial charge on any atom is -0.492 e. The Morgan fingerprint density at radius 1 is 1.25 bits per heavy atom. The quantitative estimate of drug-likeness (QED) is 0.631. The summed E-state index contributed by atoms with van der Waals surface area (Å²) in [6.07, 6.45) is 0.832. The predicted octanol–water partition coefficient (Wildman–Crippen LogP) is 1.12. The maximum atomic E-state index is 11.4. The molecule has 0 fully saturated rings. The van der Waals surface area contributed by atoms with Gasteiger partial charge in [0.25, 0.3) is 0 Å². The molecule has 20 heavy (non-hydrogen) atoms. The second-order valence-electron chi connectivity index (χ2n) is 4.54. The zero-order valence-corrected chi connectivity index (χ0v) is 12.3. The molecule has 5 nitrogen and oxygen atoms in total. The van der Waals surface area contributed by atoms with Crippen molar-refractivity contribution >= 4 is 5.91 Å². The van der Waals surface area contributed by atoms with Crippen molar-refractivity contribution in [3.63, 3.8) is 0 Å². The van der Waals surface area contributed by atoms with Gasteiger partial charge in [0.1, 0.15) is 12.4 Å². The molecule has 112 valence electrons. The highest BCUT2D eigenvalue weighted by molar-refractivity contribution is 5.77. The van der Waals surface area contributed by atoms with Crippen LogP contribution in [-0.2, 0) is 9.53 Å². The van der Waals surface area contributed by atoms with E-state index in [1.54, 1.807) is 7.11 Å². The molecule has 1 amide bonds. The molecule has 0 aliphatic carbocycles. The molecule has 1 aromatic rings. The van der Waals surface area contributed by atoms with E-state index in [0.29, 0.717) is 32.8 Å². The zero-order valence-electron chi connectivity index (χ0n) is 12.3. The highest BCUT2D eigenvalue weighted by atomic mass is 16.5. The van der Waals surface area contributed by atoms with Crippen molar-refractivity contribution in [2.24, 2.45) is 0 Å². The van der Waals surface area contributed by atoms with Gasteiger partial charge in [-0.3, -0.25) is 4.79 Å². The van der Waals surface area contributed by atoms with Crippen LogP contribution >= 0.6 is 0 Å². The summed E-state index contributed by atoms with van der Waals surface area (Å²) in [5, 5.41) is 5.85. The number of carbonyl (C=O) groups excluding carboxylic acids is 1. The molecule has 0 radical (unpaired) electrons. The number of hydrogen-bond acceptors (Lipinski definition) is 4. The molecule has 0 atom stereocenters. The summed E-state index contributed by atoms with van der Waals surface area (Å²) in [5.41, 5.74) is 1.17. The third kappa shape index (κ3) is 7.76. The summed E-state index contributed by atoms with van der Waals surface area (Å²) < 4.78 is 10.5. The minimum atomic E-state index is -0.00309. The predicted molar refractivity (Wildman–Crippen MR) is 79.0 cm³/mol. The fraction of sp³-hybridized carbons (Fsp3) is 0.533. The summed E-state index contributed by atoms with van der Waals surface area (Å²) in [7, 11) is 1.65. The number of methoxy groups -OCH3 is 1. The van der Waals surface area contributed by atoms with Crippen molar-refractivity contribution in [3.8, 4) is 5.75 Å². The Hall–Kier alpha value is -1.59. The molecule has 5 heteroatoms. The molecule has 1 aromatic carbocycles. The van der Waals surface area contributed by atoms with Gasteiger partial charge in [-0.1, -0.05) is 12.1 Å². The second kappa shape index (κ2) is 10.2. The third-order valence-corrected chi connectivity index (χ3v) is 2.67. The number of nitrogens with one attached hydrogen (secondary N) is 2. The molecule has 0 unspecified atom stereocenters. The van der Waals surface area contributed by atoms with Gasteiger partial charge >= 0.3 is 0 Å². The van der Waals surface area contributed by atoms with E-state index in [4.69, 9.17) is 9.47 Å². The zero-order chi connectivity index (χ0) is 14.6. The molecule has 0 aromatic heterocycles. The summed E-state index contributed by atoms with van der Waals surface area (Å²) in [4.78, 5) is 11.4. The molecule has 2 N–H and O–H groups in total. The first-order chi connectivity index (χ1) is 9.72. The van der Waals surface area contributed by atoms with Crippen LogP contribution in [0, 0.1) is 6.92 Å². The van der Waals surface area contributed by atoms with Crippen molar-refractivity contribution in [2.45, 2.75) is 13.3 Å². The van der Waals surface area contributed by atoms with Gasteiger partial charge in [-0.2, -0.15) is 0 Å². The first kappa shape index (κ1) is 16.5. The van der Waals surface area contributed by atoms with E-state index in [9.17, 15) is 4.79 Å². The highest BCUT2D eigenvalue weighted by Crippen LogP contribution is 2.11. The van der Waals surface area contributed by atoms with Gasteiger partial charge in [0.2, 0.25) is 5.91 Å². The van der Waals surface area contributed by atoms with Crippen molar-refractivity contribution in [1.29, 1.82) is 0 Å². The van der Waals surface area contributed by atoms with Crippen LogP contribution in [0.15, 0.2) is 24.3 Å². The number of rotatable bonds is 10. The normalized spacial score (nSPS) is 10.3. The van der Waals surface area contributed by atoms with Crippen molar-refractivity contribution in [3.05, 3.63) is 29.8 Å². The van der Waals surface area contributed by atoms with E-state index in [-0.39, 0.29) is 5.91 Å². The average Bonchev–Trinajstić information content (AvgIpc) is 2.43. The van der Waals surface area contributed by atoms with Gasteiger partial charge in [0.05, 0.1) is 6.54 Å². The highest BCUT2D eigenvalue weighted by Gasteiger charge is 1.99. The topological polar surface area (TPSA) is 59.6 Å². The Morgan fingerprint density at radius 2 is 2.10 bits per heavy atom. The van der Waals surface area contributed by atoms with E-state index < -0.39 is 0 Å². The lowest BCUT2D eigenvalue weighted by atomic mass is 10.2. The molecule has 0 saturated carbocycles. The largest absolute Gasteiger partial charge is 0.492 e. The van der Waals surface area contributed by atoms with E-state index in [2.05, 4.69) is 10.6 Å². The number of benzene rings is 1. The summed E-state index contributed by atoms with van der Waals surface area (Å²) >= 11 is 0. The van der Waals surface area contributed by atoms with Gasteiger partial charge in [-0.25, -0.2) is 0 Å². The standard InChI is InChI=1S/C15H24N2O3/c1-13-5-3-6-14(11-13)20-10-8-16-12-15(18)17-7-4-9-19-2/h3,5-6,11,16H,4,7-10,12H2,1-2H3,(H,17,18). The Bertz CT molecular complexity index is 396. The number of ether oxygens (including phenoxy) is 2. The van der Waals surface area contributed by atoms with E-state index in [1.807, 2.05) is 31.2 Å². The molecule has 1 rings (SSSR count). The third-order valence-electron chi connectivity index (χ3n) is 2.67. The lowest BCUT2D eigenvalue weighted by Gasteiger charge is -2.08. The monoisotopic (exact) mass is 280 g/mol. The van der Waals surface area contributed by atoms with Gasteiger partial charge in [-0.15, -0.1) is 0 Å².